The third-order valence-electron chi connectivity index (χ3n) is 4.23. The molecule has 0 radical (unpaired) electrons. The van der Waals surface area contributed by atoms with Crippen molar-refractivity contribution >= 4 is 33.1 Å². The van der Waals surface area contributed by atoms with E-state index in [1.54, 1.807) is 48.5 Å². The van der Waals surface area contributed by atoms with Crippen LogP contribution in [0.5, 0.6) is 5.75 Å². The molecule has 2 aromatic carbocycles. The Labute approximate surface area is 158 Å². The topological polar surface area (TPSA) is 92.8 Å². The van der Waals surface area contributed by atoms with Crippen LogP contribution in [-0.2, 0) is 14.8 Å². The maximum absolute atomic E-state index is 12.7. The number of rotatable bonds is 4. The van der Waals surface area contributed by atoms with Crippen molar-refractivity contribution in [3.05, 3.63) is 54.1 Å². The zero-order valence-electron chi connectivity index (χ0n) is 15.0. The average molecular weight is 388 g/mol. The molecule has 0 fully saturated rings. The summed E-state index contributed by atoms with van der Waals surface area (Å²) in [7, 11) is -3.50. The Kier molecular flexibility index (Phi) is 5.18. The molecule has 1 heterocycles. The molecule has 0 aromatic heterocycles. The molecule has 0 saturated carbocycles. The predicted octanol–water partition coefficient (Wildman–Crippen LogP) is 2.45. The monoisotopic (exact) mass is 388 g/mol. The number of hydrogen-bond donors (Lipinski definition) is 1. The molecule has 1 aliphatic heterocycles. The number of amides is 1. The van der Waals surface area contributed by atoms with Gasteiger partial charge in [-0.2, -0.15) is 0 Å². The number of fused-ring (bicyclic) bond motifs is 1. The fourth-order valence-electron chi connectivity index (χ4n) is 2.90. The van der Waals surface area contributed by atoms with Crippen molar-refractivity contribution in [1.82, 2.24) is 0 Å². The van der Waals surface area contributed by atoms with E-state index in [2.05, 4.69) is 5.32 Å². The Bertz CT molecular complexity index is 987. The third-order valence-corrected chi connectivity index (χ3v) is 5.41. The number of carbonyl (C=O) groups is 2. The van der Waals surface area contributed by atoms with E-state index in [4.69, 9.17) is 4.74 Å². The van der Waals surface area contributed by atoms with Crippen molar-refractivity contribution in [3.8, 4) is 5.75 Å². The number of para-hydroxylation sites is 2. The number of anilines is 2. The molecule has 0 bridgehead atoms. The lowest BCUT2D eigenvalue weighted by Crippen LogP contribution is -2.36. The van der Waals surface area contributed by atoms with Crippen LogP contribution < -0.4 is 14.4 Å². The summed E-state index contributed by atoms with van der Waals surface area (Å²) in [5.74, 6) is -0.173. The summed E-state index contributed by atoms with van der Waals surface area (Å²) in [4.78, 5) is 24.2. The van der Waals surface area contributed by atoms with E-state index >= 15 is 0 Å². The van der Waals surface area contributed by atoms with E-state index in [0.717, 1.165) is 6.26 Å². The highest BCUT2D eigenvalue weighted by molar-refractivity contribution is 7.92. The molecule has 0 saturated heterocycles. The number of hydrogen-bond acceptors (Lipinski definition) is 5. The van der Waals surface area contributed by atoms with Gasteiger partial charge < -0.3 is 10.1 Å². The first-order chi connectivity index (χ1) is 12.8. The zero-order valence-corrected chi connectivity index (χ0v) is 15.8. The van der Waals surface area contributed by atoms with Gasteiger partial charge in [-0.1, -0.05) is 24.3 Å². The highest BCUT2D eigenvalue weighted by Crippen LogP contribution is 2.34. The molecule has 27 heavy (non-hydrogen) atoms. The first kappa shape index (κ1) is 18.9. The molecule has 3 rings (SSSR count). The van der Waals surface area contributed by atoms with Crippen LogP contribution in [-0.4, -0.2) is 39.0 Å². The zero-order chi connectivity index (χ0) is 19.6. The summed E-state index contributed by atoms with van der Waals surface area (Å²) in [6.45, 7) is 1.58. The standard InChI is InChI=1S/C19H20N2O5S/c1-13(22)14-6-5-7-15(12-14)20-19(23)18-10-11-21(27(2,24)25)16-8-3-4-9-17(16)26-18/h3-9,12,18H,10-11H2,1-2H3,(H,20,23)/t18-/m1/s1. The quantitative estimate of drug-likeness (QED) is 0.812. The molecule has 2 aromatic rings. The van der Waals surface area contributed by atoms with Gasteiger partial charge in [-0.3, -0.25) is 13.9 Å². The van der Waals surface area contributed by atoms with Crippen LogP contribution in [0.2, 0.25) is 0 Å². The number of Topliss-reactive ketones (excluding diaryl/α,β-unsaturated/α-hetero) is 1. The van der Waals surface area contributed by atoms with Gasteiger partial charge in [0.25, 0.3) is 5.91 Å². The van der Waals surface area contributed by atoms with E-state index in [1.807, 2.05) is 0 Å². The van der Waals surface area contributed by atoms with Gasteiger partial charge in [-0.25, -0.2) is 8.42 Å². The Morgan fingerprint density at radius 3 is 2.59 bits per heavy atom. The molecular weight excluding hydrogens is 368 g/mol. The Balaban J connectivity index is 1.83. The van der Waals surface area contributed by atoms with Crippen LogP contribution in [0, 0.1) is 0 Å². The van der Waals surface area contributed by atoms with Crippen molar-refractivity contribution < 1.29 is 22.7 Å². The first-order valence-electron chi connectivity index (χ1n) is 8.41. The van der Waals surface area contributed by atoms with Crippen molar-refractivity contribution in [2.24, 2.45) is 0 Å². The molecule has 8 heteroatoms. The molecule has 0 spiro atoms. The Morgan fingerprint density at radius 2 is 1.89 bits per heavy atom. The first-order valence-corrected chi connectivity index (χ1v) is 10.3. The number of carbonyl (C=O) groups excluding carboxylic acids is 2. The summed E-state index contributed by atoms with van der Waals surface area (Å²) in [5.41, 5.74) is 1.38. The molecule has 7 nitrogen and oxygen atoms in total. The number of ketones is 1. The van der Waals surface area contributed by atoms with Crippen LogP contribution in [0.3, 0.4) is 0 Å². The van der Waals surface area contributed by atoms with Crippen molar-refractivity contribution in [1.29, 1.82) is 0 Å². The molecule has 0 aliphatic carbocycles. The van der Waals surface area contributed by atoms with Gasteiger partial charge in [0.2, 0.25) is 10.0 Å². The van der Waals surface area contributed by atoms with Gasteiger partial charge >= 0.3 is 0 Å². The van der Waals surface area contributed by atoms with Crippen molar-refractivity contribution in [3.63, 3.8) is 0 Å². The molecule has 1 N–H and O–H groups in total. The molecule has 1 atom stereocenters. The second kappa shape index (κ2) is 7.40. The van der Waals surface area contributed by atoms with Gasteiger partial charge in [0.05, 0.1) is 11.9 Å². The highest BCUT2D eigenvalue weighted by atomic mass is 32.2. The largest absolute Gasteiger partial charge is 0.478 e. The predicted molar refractivity (Wildman–Crippen MR) is 103 cm³/mol. The number of nitrogens with one attached hydrogen (secondary N) is 1. The van der Waals surface area contributed by atoms with E-state index in [0.29, 0.717) is 22.7 Å². The van der Waals surface area contributed by atoms with Gasteiger partial charge in [-0.05, 0) is 31.2 Å². The summed E-state index contributed by atoms with van der Waals surface area (Å²) in [6, 6.07) is 13.3. The fraction of sp³-hybridized carbons (Fsp3) is 0.263. The summed E-state index contributed by atoms with van der Waals surface area (Å²) < 4.78 is 31.3. The normalized spacial score (nSPS) is 16.7. The molecule has 1 amide bonds. The minimum atomic E-state index is -3.50. The second-order valence-electron chi connectivity index (χ2n) is 6.32. The summed E-state index contributed by atoms with van der Waals surface area (Å²) >= 11 is 0. The van der Waals surface area contributed by atoms with Gasteiger partial charge in [-0.15, -0.1) is 0 Å². The molecule has 142 valence electrons. The van der Waals surface area contributed by atoms with Crippen LogP contribution >= 0.6 is 0 Å². The maximum atomic E-state index is 12.7. The minimum absolute atomic E-state index is 0.102. The molecular formula is C19H20N2O5S. The second-order valence-corrected chi connectivity index (χ2v) is 8.23. The third kappa shape index (κ3) is 4.28. The average Bonchev–Trinajstić information content (AvgIpc) is 2.81. The lowest BCUT2D eigenvalue weighted by molar-refractivity contribution is -0.122. The summed E-state index contributed by atoms with van der Waals surface area (Å²) in [5, 5.41) is 2.73. The van der Waals surface area contributed by atoms with Gasteiger partial charge in [0, 0.05) is 24.2 Å². The van der Waals surface area contributed by atoms with E-state index in [-0.39, 0.29) is 18.7 Å². The molecule has 0 unspecified atom stereocenters. The lowest BCUT2D eigenvalue weighted by atomic mass is 10.1. The van der Waals surface area contributed by atoms with Crippen LogP contribution in [0.25, 0.3) is 0 Å². The smallest absolute Gasteiger partial charge is 0.265 e. The summed E-state index contributed by atoms with van der Waals surface area (Å²) in [6.07, 6.45) is 0.455. The number of nitrogens with zero attached hydrogens (tertiary/aromatic N) is 1. The van der Waals surface area contributed by atoms with E-state index in [9.17, 15) is 18.0 Å². The minimum Gasteiger partial charge on any atom is -0.478 e. The van der Waals surface area contributed by atoms with Gasteiger partial charge in [0.1, 0.15) is 5.75 Å². The van der Waals surface area contributed by atoms with E-state index < -0.39 is 22.0 Å². The Morgan fingerprint density at radius 1 is 1.15 bits per heavy atom. The molecule has 1 aliphatic rings. The van der Waals surface area contributed by atoms with Crippen molar-refractivity contribution in [2.45, 2.75) is 19.4 Å². The number of benzene rings is 2. The van der Waals surface area contributed by atoms with Crippen molar-refractivity contribution in [2.75, 3.05) is 22.4 Å². The van der Waals surface area contributed by atoms with Gasteiger partial charge in [0.15, 0.2) is 11.9 Å². The van der Waals surface area contributed by atoms with E-state index in [1.165, 1.54) is 11.2 Å². The van der Waals surface area contributed by atoms with Crippen LogP contribution in [0.15, 0.2) is 48.5 Å². The Hall–Kier alpha value is -2.87. The lowest BCUT2D eigenvalue weighted by Gasteiger charge is -2.20. The SMILES string of the molecule is CC(=O)c1cccc(NC(=O)[C@H]2CCN(S(C)(=O)=O)c3ccccc3O2)c1. The maximum Gasteiger partial charge on any atom is 0.265 e. The number of sulfonamides is 1. The highest BCUT2D eigenvalue weighted by Gasteiger charge is 2.31. The van der Waals surface area contributed by atoms with Crippen LogP contribution in [0.1, 0.15) is 23.7 Å². The number of ether oxygens (including phenoxy) is 1. The fourth-order valence-corrected chi connectivity index (χ4v) is 3.84. The van der Waals surface area contributed by atoms with Crippen LogP contribution in [0.4, 0.5) is 11.4 Å².